The van der Waals surface area contributed by atoms with Crippen LogP contribution in [0.4, 0.5) is 0 Å². The number of rotatable bonds is 4. The standard InChI is InChI=1S/C21H29N3O2/c1-22(13-17-8-6-12-23-11-5-4-10-19(17)23)20(25)15-24-14-16-7-2-3-9-18(16)21(24)26/h2-3,7,9,17,19H,4-6,8,10-15H2,1H3/t17-,19+/m0/s1. The van der Waals surface area contributed by atoms with E-state index in [0.29, 0.717) is 18.5 Å². The average Bonchev–Trinajstić information content (AvgIpc) is 2.98. The van der Waals surface area contributed by atoms with Crippen molar-refractivity contribution in [3.05, 3.63) is 35.4 Å². The van der Waals surface area contributed by atoms with E-state index in [4.69, 9.17) is 0 Å². The van der Waals surface area contributed by atoms with Crippen molar-refractivity contribution in [2.75, 3.05) is 33.2 Å². The number of hydrogen-bond acceptors (Lipinski definition) is 3. The van der Waals surface area contributed by atoms with Crippen LogP contribution in [0, 0.1) is 5.92 Å². The topological polar surface area (TPSA) is 43.9 Å². The highest BCUT2D eigenvalue weighted by Gasteiger charge is 2.35. The van der Waals surface area contributed by atoms with Gasteiger partial charge in [-0.1, -0.05) is 24.6 Å². The second-order valence-corrected chi connectivity index (χ2v) is 8.09. The molecular weight excluding hydrogens is 326 g/mol. The van der Waals surface area contributed by atoms with E-state index in [-0.39, 0.29) is 18.4 Å². The van der Waals surface area contributed by atoms with Gasteiger partial charge in [0.2, 0.25) is 5.91 Å². The minimum Gasteiger partial charge on any atom is -0.344 e. The highest BCUT2D eigenvalue weighted by molar-refractivity contribution is 6.00. The minimum absolute atomic E-state index is 0.0153. The molecule has 2 amide bonds. The zero-order chi connectivity index (χ0) is 18.1. The molecule has 3 heterocycles. The van der Waals surface area contributed by atoms with Crippen molar-refractivity contribution in [3.8, 4) is 0 Å². The van der Waals surface area contributed by atoms with E-state index in [1.165, 1.54) is 45.2 Å². The van der Waals surface area contributed by atoms with Crippen LogP contribution in [-0.4, -0.2) is 65.8 Å². The summed E-state index contributed by atoms with van der Waals surface area (Å²) < 4.78 is 0. The minimum atomic E-state index is -0.0153. The first-order valence-corrected chi connectivity index (χ1v) is 9.98. The van der Waals surface area contributed by atoms with Crippen molar-refractivity contribution in [3.63, 3.8) is 0 Å². The fourth-order valence-electron chi connectivity index (χ4n) is 4.97. The molecule has 3 aliphatic rings. The molecule has 4 rings (SSSR count). The van der Waals surface area contributed by atoms with Crippen LogP contribution >= 0.6 is 0 Å². The Morgan fingerprint density at radius 3 is 2.81 bits per heavy atom. The zero-order valence-electron chi connectivity index (χ0n) is 15.7. The van der Waals surface area contributed by atoms with Gasteiger partial charge in [0, 0.05) is 31.7 Å². The molecule has 2 fully saturated rings. The van der Waals surface area contributed by atoms with Crippen molar-refractivity contribution >= 4 is 11.8 Å². The Morgan fingerprint density at radius 2 is 1.96 bits per heavy atom. The van der Waals surface area contributed by atoms with Gasteiger partial charge in [-0.05, 0) is 56.3 Å². The molecule has 2 saturated heterocycles. The maximum atomic E-state index is 12.7. The molecule has 26 heavy (non-hydrogen) atoms. The van der Waals surface area contributed by atoms with Gasteiger partial charge in [0.1, 0.15) is 6.54 Å². The molecular formula is C21H29N3O2. The Kier molecular flexibility index (Phi) is 4.98. The number of hydrogen-bond donors (Lipinski definition) is 0. The first-order chi connectivity index (χ1) is 12.6. The number of likely N-dealkylation sites (N-methyl/N-ethyl adjacent to an activating group) is 1. The maximum Gasteiger partial charge on any atom is 0.254 e. The van der Waals surface area contributed by atoms with Crippen LogP contribution in [-0.2, 0) is 11.3 Å². The van der Waals surface area contributed by atoms with Gasteiger partial charge in [-0.2, -0.15) is 0 Å². The van der Waals surface area contributed by atoms with Crippen molar-refractivity contribution in [1.29, 1.82) is 0 Å². The summed E-state index contributed by atoms with van der Waals surface area (Å²) >= 11 is 0. The van der Waals surface area contributed by atoms with Crippen LogP contribution in [0.2, 0.25) is 0 Å². The Balaban J connectivity index is 1.34. The van der Waals surface area contributed by atoms with Crippen LogP contribution in [0.15, 0.2) is 24.3 Å². The van der Waals surface area contributed by atoms with E-state index in [9.17, 15) is 9.59 Å². The lowest BCUT2D eigenvalue weighted by atomic mass is 9.83. The number of piperidine rings is 2. The molecule has 3 aliphatic heterocycles. The molecule has 0 unspecified atom stereocenters. The van der Waals surface area contributed by atoms with Gasteiger partial charge in [0.05, 0.1) is 0 Å². The molecule has 1 aromatic carbocycles. The van der Waals surface area contributed by atoms with Crippen molar-refractivity contribution in [1.82, 2.24) is 14.7 Å². The highest BCUT2D eigenvalue weighted by Crippen LogP contribution is 2.31. The van der Waals surface area contributed by atoms with E-state index < -0.39 is 0 Å². The normalized spacial score (nSPS) is 25.7. The van der Waals surface area contributed by atoms with Crippen LogP contribution in [0.5, 0.6) is 0 Å². The molecule has 0 radical (unpaired) electrons. The molecule has 0 aromatic heterocycles. The smallest absolute Gasteiger partial charge is 0.254 e. The lowest BCUT2D eigenvalue weighted by Crippen LogP contribution is -2.51. The molecule has 0 N–H and O–H groups in total. The van der Waals surface area contributed by atoms with Crippen molar-refractivity contribution < 1.29 is 9.59 Å². The first kappa shape index (κ1) is 17.5. The van der Waals surface area contributed by atoms with Crippen molar-refractivity contribution in [2.24, 2.45) is 5.92 Å². The number of carbonyl (C=O) groups excluding carboxylic acids is 2. The van der Waals surface area contributed by atoms with E-state index in [1.54, 1.807) is 4.90 Å². The molecule has 1 aromatic rings. The second-order valence-electron chi connectivity index (χ2n) is 8.09. The molecule has 5 heteroatoms. The predicted octanol–water partition coefficient (Wildman–Crippen LogP) is 2.37. The van der Waals surface area contributed by atoms with E-state index >= 15 is 0 Å². The zero-order valence-corrected chi connectivity index (χ0v) is 15.7. The summed E-state index contributed by atoms with van der Waals surface area (Å²) in [6, 6.07) is 8.30. The number of amides is 2. The summed E-state index contributed by atoms with van der Waals surface area (Å²) in [5, 5.41) is 0. The number of carbonyl (C=O) groups is 2. The highest BCUT2D eigenvalue weighted by atomic mass is 16.2. The average molecular weight is 355 g/mol. The largest absolute Gasteiger partial charge is 0.344 e. The van der Waals surface area contributed by atoms with Crippen molar-refractivity contribution in [2.45, 2.75) is 44.7 Å². The van der Waals surface area contributed by atoms with Gasteiger partial charge in [0.15, 0.2) is 0 Å². The lowest BCUT2D eigenvalue weighted by Gasteiger charge is -2.45. The lowest BCUT2D eigenvalue weighted by molar-refractivity contribution is -0.131. The van der Waals surface area contributed by atoms with Gasteiger partial charge < -0.3 is 14.7 Å². The molecule has 0 bridgehead atoms. The summed E-state index contributed by atoms with van der Waals surface area (Å²) in [6.07, 6.45) is 6.36. The Labute approximate surface area is 155 Å². The van der Waals surface area contributed by atoms with Gasteiger partial charge in [0.25, 0.3) is 5.91 Å². The molecule has 2 atom stereocenters. The van der Waals surface area contributed by atoms with E-state index in [0.717, 1.165) is 17.7 Å². The Morgan fingerprint density at radius 1 is 1.15 bits per heavy atom. The van der Waals surface area contributed by atoms with Gasteiger partial charge >= 0.3 is 0 Å². The first-order valence-electron chi connectivity index (χ1n) is 9.98. The molecule has 5 nitrogen and oxygen atoms in total. The van der Waals surface area contributed by atoms with Gasteiger partial charge in [-0.15, -0.1) is 0 Å². The number of benzene rings is 1. The molecule has 140 valence electrons. The number of nitrogens with zero attached hydrogens (tertiary/aromatic N) is 3. The van der Waals surface area contributed by atoms with E-state index in [1.807, 2.05) is 36.2 Å². The summed E-state index contributed by atoms with van der Waals surface area (Å²) in [4.78, 5) is 31.4. The SMILES string of the molecule is CN(C[C@@H]1CCCN2CCCC[C@H]12)C(=O)CN1Cc2ccccc2C1=O. The predicted molar refractivity (Wildman–Crippen MR) is 101 cm³/mol. The summed E-state index contributed by atoms with van der Waals surface area (Å²) in [5.41, 5.74) is 1.77. The summed E-state index contributed by atoms with van der Waals surface area (Å²) in [5.74, 6) is 0.613. The Hall–Kier alpha value is -1.88. The van der Waals surface area contributed by atoms with Gasteiger partial charge in [-0.3, -0.25) is 9.59 Å². The quantitative estimate of drug-likeness (QED) is 0.833. The second kappa shape index (κ2) is 7.39. The van der Waals surface area contributed by atoms with E-state index in [2.05, 4.69) is 4.90 Å². The third kappa shape index (κ3) is 3.37. The number of fused-ring (bicyclic) bond motifs is 2. The molecule has 0 spiro atoms. The van der Waals surface area contributed by atoms with Crippen LogP contribution in [0.1, 0.15) is 48.0 Å². The third-order valence-electron chi connectivity index (χ3n) is 6.39. The van der Waals surface area contributed by atoms with Crippen LogP contribution in [0.3, 0.4) is 0 Å². The fraction of sp³-hybridized carbons (Fsp3) is 0.619. The van der Waals surface area contributed by atoms with Crippen LogP contribution < -0.4 is 0 Å². The fourth-order valence-corrected chi connectivity index (χ4v) is 4.97. The van der Waals surface area contributed by atoms with Gasteiger partial charge in [-0.25, -0.2) is 0 Å². The van der Waals surface area contributed by atoms with Crippen LogP contribution in [0.25, 0.3) is 0 Å². The monoisotopic (exact) mass is 355 g/mol. The summed E-state index contributed by atoms with van der Waals surface area (Å²) in [6.45, 7) is 3.99. The molecule has 0 saturated carbocycles. The molecule has 0 aliphatic carbocycles. The maximum absolute atomic E-state index is 12.7. The summed E-state index contributed by atoms with van der Waals surface area (Å²) in [7, 11) is 1.90. The Bertz CT molecular complexity index is 688. The third-order valence-corrected chi connectivity index (χ3v) is 6.39.